The average Bonchev–Trinajstić information content (AvgIpc) is 2.59. The van der Waals surface area contributed by atoms with Crippen molar-refractivity contribution in [3.05, 3.63) is 81.3 Å². The summed E-state index contributed by atoms with van der Waals surface area (Å²) in [5.41, 5.74) is 2.23. The predicted octanol–water partition coefficient (Wildman–Crippen LogP) is 5.40. The van der Waals surface area contributed by atoms with E-state index < -0.39 is 0 Å². The van der Waals surface area contributed by atoms with Gasteiger partial charge in [-0.25, -0.2) is 4.79 Å². The van der Waals surface area contributed by atoms with E-state index in [4.69, 9.17) is 4.42 Å². The maximum Gasteiger partial charge on any atom is 0.336 e. The zero-order valence-electron chi connectivity index (χ0n) is 12.5. The van der Waals surface area contributed by atoms with E-state index in [1.54, 1.807) is 17.8 Å². The van der Waals surface area contributed by atoms with Crippen LogP contribution in [0.1, 0.15) is 5.56 Å². The summed E-state index contributed by atoms with van der Waals surface area (Å²) in [5, 5.41) is 2.09. The highest BCUT2D eigenvalue weighted by Gasteiger charge is 2.08. The summed E-state index contributed by atoms with van der Waals surface area (Å²) in [4.78, 5) is 17.4. The number of halogens is 1. The molecule has 0 fully saturated rings. The summed E-state index contributed by atoms with van der Waals surface area (Å²) in [6.45, 7) is 0. The Morgan fingerprint density at radius 2 is 1.92 bits per heavy atom. The van der Waals surface area contributed by atoms with Crippen LogP contribution in [0.4, 0.5) is 0 Å². The summed E-state index contributed by atoms with van der Waals surface area (Å²) in [7, 11) is 0. The molecule has 118 valence electrons. The van der Waals surface area contributed by atoms with Gasteiger partial charge in [0.15, 0.2) is 0 Å². The topological polar surface area (TPSA) is 43.1 Å². The minimum Gasteiger partial charge on any atom is -0.423 e. The van der Waals surface area contributed by atoms with Crippen molar-refractivity contribution in [1.29, 1.82) is 0 Å². The third kappa shape index (κ3) is 2.97. The van der Waals surface area contributed by atoms with Gasteiger partial charge in [0.2, 0.25) is 0 Å². The molecule has 2 aromatic carbocycles. The van der Waals surface area contributed by atoms with E-state index in [0.29, 0.717) is 11.3 Å². The fourth-order valence-electron chi connectivity index (χ4n) is 2.67. The first kappa shape index (κ1) is 15.4. The molecule has 0 saturated heterocycles. The molecular weight excluding hydrogens is 386 g/mol. The van der Waals surface area contributed by atoms with Crippen LogP contribution in [0.3, 0.4) is 0 Å². The van der Waals surface area contributed by atoms with Gasteiger partial charge in [-0.05, 0) is 35.9 Å². The lowest BCUT2D eigenvalue weighted by Gasteiger charge is -2.08. The SMILES string of the molecule is O=c1cc(CSc2ccnc3ccccc23)c2ccc(Br)cc2o1. The van der Waals surface area contributed by atoms with Crippen LogP contribution in [-0.2, 0) is 5.75 Å². The van der Waals surface area contributed by atoms with Crippen molar-refractivity contribution < 1.29 is 4.42 Å². The first-order valence-corrected chi connectivity index (χ1v) is 9.17. The fourth-order valence-corrected chi connectivity index (χ4v) is 4.05. The smallest absolute Gasteiger partial charge is 0.336 e. The van der Waals surface area contributed by atoms with Crippen molar-refractivity contribution in [3.63, 3.8) is 0 Å². The van der Waals surface area contributed by atoms with Crippen molar-refractivity contribution in [2.24, 2.45) is 0 Å². The largest absolute Gasteiger partial charge is 0.423 e. The highest BCUT2D eigenvalue weighted by atomic mass is 79.9. The van der Waals surface area contributed by atoms with Gasteiger partial charge in [-0.15, -0.1) is 11.8 Å². The van der Waals surface area contributed by atoms with Gasteiger partial charge >= 0.3 is 5.63 Å². The van der Waals surface area contributed by atoms with E-state index in [1.807, 2.05) is 48.7 Å². The number of fused-ring (bicyclic) bond motifs is 2. The van der Waals surface area contributed by atoms with Crippen LogP contribution in [-0.4, -0.2) is 4.98 Å². The number of rotatable bonds is 3. The van der Waals surface area contributed by atoms with Crippen LogP contribution >= 0.6 is 27.7 Å². The minimum absolute atomic E-state index is 0.323. The molecule has 0 aliphatic heterocycles. The predicted molar refractivity (Wildman–Crippen MR) is 101 cm³/mol. The molecule has 0 spiro atoms. The monoisotopic (exact) mass is 397 g/mol. The fraction of sp³-hybridized carbons (Fsp3) is 0.0526. The molecule has 2 heterocycles. The van der Waals surface area contributed by atoms with Crippen molar-refractivity contribution in [3.8, 4) is 0 Å². The van der Waals surface area contributed by atoms with Gasteiger partial charge in [0, 0.05) is 38.2 Å². The molecule has 4 rings (SSSR count). The lowest BCUT2D eigenvalue weighted by Crippen LogP contribution is -1.99. The average molecular weight is 398 g/mol. The van der Waals surface area contributed by atoms with Crippen molar-refractivity contribution in [1.82, 2.24) is 4.98 Å². The second kappa shape index (κ2) is 6.42. The van der Waals surface area contributed by atoms with Gasteiger partial charge in [-0.2, -0.15) is 0 Å². The Bertz CT molecular complexity index is 1100. The number of hydrogen-bond donors (Lipinski definition) is 0. The number of para-hydroxylation sites is 1. The van der Waals surface area contributed by atoms with Crippen LogP contribution < -0.4 is 5.63 Å². The minimum atomic E-state index is -0.323. The van der Waals surface area contributed by atoms with Crippen molar-refractivity contribution >= 4 is 49.6 Å². The van der Waals surface area contributed by atoms with E-state index >= 15 is 0 Å². The maximum atomic E-state index is 11.8. The number of nitrogens with zero attached hydrogens (tertiary/aromatic N) is 1. The second-order valence-electron chi connectivity index (χ2n) is 5.35. The number of hydrogen-bond acceptors (Lipinski definition) is 4. The Morgan fingerprint density at radius 1 is 1.04 bits per heavy atom. The highest BCUT2D eigenvalue weighted by Crippen LogP contribution is 2.31. The zero-order chi connectivity index (χ0) is 16.5. The molecule has 0 amide bonds. The Labute approximate surface area is 150 Å². The van der Waals surface area contributed by atoms with E-state index in [2.05, 4.69) is 27.0 Å². The molecule has 24 heavy (non-hydrogen) atoms. The van der Waals surface area contributed by atoms with Gasteiger partial charge in [0.25, 0.3) is 0 Å². The standard InChI is InChI=1S/C19H12BrNO2S/c20-13-5-6-14-12(9-19(22)23-17(14)10-13)11-24-18-7-8-21-16-4-2-1-3-15(16)18/h1-10H,11H2. The number of aromatic nitrogens is 1. The molecule has 5 heteroatoms. The van der Waals surface area contributed by atoms with E-state index in [0.717, 1.165) is 31.2 Å². The molecule has 2 aromatic heterocycles. The van der Waals surface area contributed by atoms with Crippen LogP contribution in [0.2, 0.25) is 0 Å². The van der Waals surface area contributed by atoms with Crippen LogP contribution in [0.25, 0.3) is 21.9 Å². The molecule has 0 radical (unpaired) electrons. The van der Waals surface area contributed by atoms with Gasteiger partial charge in [0.05, 0.1) is 5.52 Å². The molecule has 0 bridgehead atoms. The van der Waals surface area contributed by atoms with E-state index in [9.17, 15) is 4.79 Å². The van der Waals surface area contributed by atoms with Crippen LogP contribution in [0.5, 0.6) is 0 Å². The molecular formula is C19H12BrNO2S. The number of thioether (sulfide) groups is 1. The van der Waals surface area contributed by atoms with Crippen LogP contribution in [0.15, 0.2) is 79.4 Å². The molecule has 0 N–H and O–H groups in total. The third-order valence-electron chi connectivity index (χ3n) is 3.78. The molecule has 0 aliphatic rings. The third-order valence-corrected chi connectivity index (χ3v) is 5.40. The second-order valence-corrected chi connectivity index (χ2v) is 7.28. The molecule has 0 aliphatic carbocycles. The summed E-state index contributed by atoms with van der Waals surface area (Å²) in [5.74, 6) is 0.692. The molecule has 4 aromatic rings. The van der Waals surface area contributed by atoms with Crippen LogP contribution in [0, 0.1) is 0 Å². The summed E-state index contributed by atoms with van der Waals surface area (Å²) in [6.07, 6.45) is 1.82. The van der Waals surface area contributed by atoms with E-state index in [-0.39, 0.29) is 5.63 Å². The van der Waals surface area contributed by atoms with Gasteiger partial charge in [-0.1, -0.05) is 34.1 Å². The van der Waals surface area contributed by atoms with E-state index in [1.165, 1.54) is 0 Å². The molecule has 0 saturated carbocycles. The summed E-state index contributed by atoms with van der Waals surface area (Å²) >= 11 is 5.11. The number of benzene rings is 2. The Kier molecular flexibility index (Phi) is 4.12. The summed E-state index contributed by atoms with van der Waals surface area (Å²) < 4.78 is 6.19. The summed E-state index contributed by atoms with van der Waals surface area (Å²) in [6, 6.07) is 17.4. The zero-order valence-corrected chi connectivity index (χ0v) is 14.9. The van der Waals surface area contributed by atoms with Crippen molar-refractivity contribution in [2.75, 3.05) is 0 Å². The first-order valence-electron chi connectivity index (χ1n) is 7.39. The molecule has 0 unspecified atom stereocenters. The lowest BCUT2D eigenvalue weighted by molar-refractivity contribution is 0.559. The first-order chi connectivity index (χ1) is 11.7. The highest BCUT2D eigenvalue weighted by molar-refractivity contribution is 9.10. The lowest BCUT2D eigenvalue weighted by atomic mass is 10.1. The Hall–Kier alpha value is -2.11. The Balaban J connectivity index is 1.73. The normalized spacial score (nSPS) is 11.2. The molecule has 3 nitrogen and oxygen atoms in total. The quantitative estimate of drug-likeness (QED) is 0.343. The molecule has 0 atom stereocenters. The van der Waals surface area contributed by atoms with Crippen molar-refractivity contribution in [2.45, 2.75) is 10.6 Å². The number of pyridine rings is 1. The Morgan fingerprint density at radius 3 is 2.83 bits per heavy atom. The van der Waals surface area contributed by atoms with Gasteiger partial charge in [0.1, 0.15) is 5.58 Å². The van der Waals surface area contributed by atoms with Gasteiger partial charge in [-0.3, -0.25) is 4.98 Å². The maximum absolute atomic E-state index is 11.8. The van der Waals surface area contributed by atoms with Gasteiger partial charge < -0.3 is 4.42 Å².